The van der Waals surface area contributed by atoms with E-state index in [0.29, 0.717) is 18.0 Å². The number of ether oxygens (including phenoxy) is 2. The predicted molar refractivity (Wildman–Crippen MR) is 123 cm³/mol. The molecule has 0 aliphatic carbocycles. The first-order chi connectivity index (χ1) is 15.6. The number of likely N-dealkylation sites (tertiary alicyclic amines) is 1. The van der Waals surface area contributed by atoms with Gasteiger partial charge in [0.05, 0.1) is 26.8 Å². The topological polar surface area (TPSA) is 45.2 Å². The van der Waals surface area contributed by atoms with Crippen molar-refractivity contribution in [2.75, 3.05) is 58.4 Å². The monoisotopic (exact) mass is 441 g/mol. The van der Waals surface area contributed by atoms with Gasteiger partial charge in [-0.25, -0.2) is 4.39 Å². The summed E-state index contributed by atoms with van der Waals surface area (Å²) in [5, 5.41) is 0. The van der Waals surface area contributed by atoms with Gasteiger partial charge < -0.3 is 19.3 Å². The van der Waals surface area contributed by atoms with Crippen LogP contribution in [-0.4, -0.2) is 69.2 Å². The molecule has 7 heteroatoms. The fourth-order valence-corrected chi connectivity index (χ4v) is 4.79. The smallest absolute Gasteiger partial charge is 0.237 e. The third-order valence-electron chi connectivity index (χ3n) is 6.50. The molecule has 6 nitrogen and oxygen atoms in total. The largest absolute Gasteiger partial charge is 0.493 e. The summed E-state index contributed by atoms with van der Waals surface area (Å²) in [4.78, 5) is 19.8. The quantitative estimate of drug-likeness (QED) is 0.684. The van der Waals surface area contributed by atoms with E-state index in [1.165, 1.54) is 12.1 Å². The van der Waals surface area contributed by atoms with Gasteiger partial charge in [-0.1, -0.05) is 6.07 Å². The van der Waals surface area contributed by atoms with Gasteiger partial charge in [-0.3, -0.25) is 9.69 Å². The van der Waals surface area contributed by atoms with Gasteiger partial charge in [-0.15, -0.1) is 0 Å². The second-order valence-electron chi connectivity index (χ2n) is 8.45. The second-order valence-corrected chi connectivity index (χ2v) is 8.45. The fourth-order valence-electron chi connectivity index (χ4n) is 4.79. The average Bonchev–Trinajstić information content (AvgIpc) is 3.20. The molecule has 2 aliphatic heterocycles. The Bertz CT molecular complexity index is 921. The Hall–Kier alpha value is -2.80. The van der Waals surface area contributed by atoms with Crippen LogP contribution < -0.4 is 14.4 Å². The summed E-state index contributed by atoms with van der Waals surface area (Å²) in [6.45, 7) is 4.66. The molecule has 0 radical (unpaired) electrons. The molecule has 2 aromatic carbocycles. The van der Waals surface area contributed by atoms with Crippen LogP contribution >= 0.6 is 0 Å². The molecule has 2 aromatic rings. The van der Waals surface area contributed by atoms with Crippen LogP contribution in [0.4, 0.5) is 10.1 Å². The molecule has 0 spiro atoms. The number of hydrogen-bond donors (Lipinski definition) is 0. The number of anilines is 1. The lowest BCUT2D eigenvalue weighted by Gasteiger charge is -2.29. The van der Waals surface area contributed by atoms with E-state index >= 15 is 0 Å². The second kappa shape index (κ2) is 10.2. The summed E-state index contributed by atoms with van der Waals surface area (Å²) in [7, 11) is 3.26. The number of benzene rings is 2. The Balaban J connectivity index is 1.38. The van der Waals surface area contributed by atoms with Crippen molar-refractivity contribution in [2.45, 2.75) is 25.3 Å². The van der Waals surface area contributed by atoms with Gasteiger partial charge in [0.2, 0.25) is 5.91 Å². The zero-order valence-electron chi connectivity index (χ0n) is 18.9. The summed E-state index contributed by atoms with van der Waals surface area (Å²) in [5.41, 5.74) is 2.12. The minimum absolute atomic E-state index is 0.0741. The minimum atomic E-state index is -0.217. The van der Waals surface area contributed by atoms with Crippen molar-refractivity contribution in [3.8, 4) is 11.5 Å². The van der Waals surface area contributed by atoms with Crippen LogP contribution in [0.5, 0.6) is 11.5 Å². The van der Waals surface area contributed by atoms with Crippen molar-refractivity contribution in [3.05, 3.63) is 53.8 Å². The molecule has 1 unspecified atom stereocenters. The molecule has 0 aromatic heterocycles. The molecule has 1 amide bonds. The number of halogens is 1. The molecule has 2 saturated heterocycles. The Morgan fingerprint density at radius 3 is 2.47 bits per heavy atom. The fraction of sp³-hybridized carbons (Fsp3) is 0.480. The summed E-state index contributed by atoms with van der Waals surface area (Å²) in [6.07, 6.45) is 2.94. The van der Waals surface area contributed by atoms with Crippen LogP contribution in [0.2, 0.25) is 0 Å². The maximum absolute atomic E-state index is 13.2. The lowest BCUT2D eigenvalue weighted by Crippen LogP contribution is -2.41. The van der Waals surface area contributed by atoms with Crippen LogP contribution in [0.25, 0.3) is 0 Å². The van der Waals surface area contributed by atoms with E-state index in [-0.39, 0.29) is 17.8 Å². The molecule has 2 aliphatic rings. The first-order valence-corrected chi connectivity index (χ1v) is 11.3. The molecule has 2 fully saturated rings. The molecule has 32 heavy (non-hydrogen) atoms. The number of rotatable bonds is 6. The summed E-state index contributed by atoms with van der Waals surface area (Å²) >= 11 is 0. The summed E-state index contributed by atoms with van der Waals surface area (Å²) in [6, 6.07) is 12.7. The van der Waals surface area contributed by atoms with Crippen LogP contribution in [0.3, 0.4) is 0 Å². The van der Waals surface area contributed by atoms with Gasteiger partial charge in [0.1, 0.15) is 5.82 Å². The lowest BCUT2D eigenvalue weighted by atomic mass is 10.0. The van der Waals surface area contributed by atoms with Crippen molar-refractivity contribution in [1.29, 1.82) is 0 Å². The van der Waals surface area contributed by atoms with E-state index in [0.717, 1.165) is 63.2 Å². The predicted octanol–water partition coefficient (Wildman–Crippen LogP) is 3.72. The van der Waals surface area contributed by atoms with Crippen molar-refractivity contribution >= 4 is 11.6 Å². The lowest BCUT2D eigenvalue weighted by molar-refractivity contribution is -0.133. The molecular weight excluding hydrogens is 409 g/mol. The van der Waals surface area contributed by atoms with Gasteiger partial charge >= 0.3 is 0 Å². The number of hydrogen-bond acceptors (Lipinski definition) is 5. The van der Waals surface area contributed by atoms with Crippen molar-refractivity contribution in [1.82, 2.24) is 9.80 Å². The molecule has 0 saturated carbocycles. The van der Waals surface area contributed by atoms with Crippen LogP contribution in [0.15, 0.2) is 42.5 Å². The van der Waals surface area contributed by atoms with Crippen molar-refractivity contribution in [2.24, 2.45) is 0 Å². The van der Waals surface area contributed by atoms with Crippen molar-refractivity contribution < 1.29 is 18.7 Å². The number of nitrogens with zero attached hydrogens (tertiary/aromatic N) is 3. The highest BCUT2D eigenvalue weighted by Gasteiger charge is 2.31. The Morgan fingerprint density at radius 1 is 0.938 bits per heavy atom. The number of carbonyl (C=O) groups excluding carboxylic acids is 1. The van der Waals surface area contributed by atoms with E-state index in [1.54, 1.807) is 14.2 Å². The molecule has 1 atom stereocenters. The van der Waals surface area contributed by atoms with E-state index in [4.69, 9.17) is 9.47 Å². The summed E-state index contributed by atoms with van der Waals surface area (Å²) < 4.78 is 24.1. The van der Waals surface area contributed by atoms with E-state index in [9.17, 15) is 9.18 Å². The minimum Gasteiger partial charge on any atom is -0.493 e. The molecular formula is C25H32FN3O3. The van der Waals surface area contributed by atoms with Crippen LogP contribution in [-0.2, 0) is 4.79 Å². The zero-order valence-corrected chi connectivity index (χ0v) is 18.9. The maximum Gasteiger partial charge on any atom is 0.237 e. The van der Waals surface area contributed by atoms with Gasteiger partial charge in [0, 0.05) is 38.4 Å². The Morgan fingerprint density at radius 2 is 1.72 bits per heavy atom. The third-order valence-corrected chi connectivity index (χ3v) is 6.50. The average molecular weight is 442 g/mol. The van der Waals surface area contributed by atoms with Gasteiger partial charge in [-0.05, 0) is 61.2 Å². The first kappa shape index (κ1) is 22.4. The third kappa shape index (κ3) is 4.99. The first-order valence-electron chi connectivity index (χ1n) is 11.3. The number of amides is 1. The van der Waals surface area contributed by atoms with Gasteiger partial charge in [0.15, 0.2) is 11.5 Å². The number of carbonyl (C=O) groups is 1. The van der Waals surface area contributed by atoms with E-state index < -0.39 is 0 Å². The van der Waals surface area contributed by atoms with Crippen LogP contribution in [0, 0.1) is 5.82 Å². The molecule has 172 valence electrons. The van der Waals surface area contributed by atoms with E-state index in [2.05, 4.69) is 9.80 Å². The van der Waals surface area contributed by atoms with Crippen LogP contribution in [0.1, 0.15) is 30.9 Å². The zero-order chi connectivity index (χ0) is 22.5. The standard InChI is InChI=1S/C25H32FN3O3/c1-31-23-11-6-19(17-24(23)32-2)22-5-3-14-29(22)25(30)18-27-12-4-13-28(16-15-27)21-9-7-20(26)8-10-21/h6-11,17,22H,3-5,12-16,18H2,1-2H3. The molecule has 4 rings (SSSR count). The molecule has 2 heterocycles. The SMILES string of the molecule is COc1ccc(C2CCCN2C(=O)CN2CCCN(c3ccc(F)cc3)CC2)cc1OC. The number of methoxy groups -OCH3 is 2. The highest BCUT2D eigenvalue weighted by Crippen LogP contribution is 2.37. The van der Waals surface area contributed by atoms with Gasteiger partial charge in [-0.2, -0.15) is 0 Å². The molecule has 0 N–H and O–H groups in total. The Labute approximate surface area is 189 Å². The molecule has 0 bridgehead atoms. The normalized spacial score (nSPS) is 19.7. The van der Waals surface area contributed by atoms with Gasteiger partial charge in [0.25, 0.3) is 0 Å². The maximum atomic E-state index is 13.2. The Kier molecular flexibility index (Phi) is 7.15. The van der Waals surface area contributed by atoms with Crippen molar-refractivity contribution in [3.63, 3.8) is 0 Å². The van der Waals surface area contributed by atoms with E-state index in [1.807, 2.05) is 35.2 Å². The highest BCUT2D eigenvalue weighted by atomic mass is 19.1. The summed E-state index contributed by atoms with van der Waals surface area (Å²) in [5.74, 6) is 1.35. The highest BCUT2D eigenvalue weighted by molar-refractivity contribution is 5.79.